The molecule has 90 valence electrons. The van der Waals surface area contributed by atoms with E-state index in [1.165, 1.54) is 30.0 Å². The Bertz CT molecular complexity index is 548. The first-order valence-corrected chi connectivity index (χ1v) is 5.01. The van der Waals surface area contributed by atoms with Gasteiger partial charge in [0.2, 0.25) is 5.28 Å². The van der Waals surface area contributed by atoms with Crippen LogP contribution in [-0.2, 0) is 6.18 Å². The van der Waals surface area contributed by atoms with Gasteiger partial charge in [0.15, 0.2) is 0 Å². The van der Waals surface area contributed by atoms with Crippen LogP contribution in [-0.4, -0.2) is 14.8 Å². The molecule has 0 radical (unpaired) electrons. The molecule has 0 aliphatic rings. The average molecular weight is 262 g/mol. The molecule has 2 aromatic rings. The predicted octanol–water partition coefficient (Wildman–Crippen LogP) is 3.25. The Hall–Kier alpha value is -1.56. The lowest BCUT2D eigenvalue weighted by atomic mass is 10.1. The molecule has 1 aromatic carbocycles. The molecule has 0 bridgehead atoms. The van der Waals surface area contributed by atoms with Crippen LogP contribution in [0, 0.1) is 6.92 Å². The van der Waals surface area contributed by atoms with Gasteiger partial charge in [-0.05, 0) is 36.2 Å². The van der Waals surface area contributed by atoms with Crippen LogP contribution in [0.1, 0.15) is 11.1 Å². The van der Waals surface area contributed by atoms with Crippen molar-refractivity contribution in [2.24, 2.45) is 0 Å². The molecule has 0 aliphatic carbocycles. The number of rotatable bonds is 1. The van der Waals surface area contributed by atoms with Gasteiger partial charge in [-0.2, -0.15) is 13.2 Å². The van der Waals surface area contributed by atoms with E-state index in [4.69, 9.17) is 11.6 Å². The zero-order valence-corrected chi connectivity index (χ0v) is 9.42. The van der Waals surface area contributed by atoms with Crippen LogP contribution < -0.4 is 0 Å². The molecule has 3 nitrogen and oxygen atoms in total. The summed E-state index contributed by atoms with van der Waals surface area (Å²) in [7, 11) is 0. The predicted molar refractivity (Wildman–Crippen MR) is 56.1 cm³/mol. The number of hydrogen-bond donors (Lipinski definition) is 0. The topological polar surface area (TPSA) is 30.7 Å². The number of alkyl halides is 3. The highest BCUT2D eigenvalue weighted by Gasteiger charge is 2.32. The molecule has 0 amide bonds. The van der Waals surface area contributed by atoms with Crippen LogP contribution in [0.5, 0.6) is 0 Å². The molecule has 1 heterocycles. The van der Waals surface area contributed by atoms with Gasteiger partial charge in [0.1, 0.15) is 6.33 Å². The Labute approximate surface area is 99.8 Å². The molecule has 0 saturated carbocycles. The van der Waals surface area contributed by atoms with Crippen molar-refractivity contribution >= 4 is 11.6 Å². The second-order valence-electron chi connectivity index (χ2n) is 3.47. The van der Waals surface area contributed by atoms with Gasteiger partial charge >= 0.3 is 6.18 Å². The fourth-order valence-electron chi connectivity index (χ4n) is 1.46. The third kappa shape index (κ3) is 2.26. The third-order valence-electron chi connectivity index (χ3n) is 2.31. The van der Waals surface area contributed by atoms with E-state index in [-0.39, 0.29) is 16.5 Å². The van der Waals surface area contributed by atoms with E-state index in [0.717, 1.165) is 6.07 Å². The Morgan fingerprint density at radius 3 is 2.53 bits per heavy atom. The molecule has 0 unspecified atom stereocenters. The summed E-state index contributed by atoms with van der Waals surface area (Å²) in [5, 5.41) is 7.03. The normalized spacial score (nSPS) is 11.8. The Balaban J connectivity index is 2.56. The molecular weight excluding hydrogens is 255 g/mol. The number of aryl methyl sites for hydroxylation is 1. The summed E-state index contributed by atoms with van der Waals surface area (Å²) in [5.41, 5.74) is -0.261. The molecule has 1 aromatic heterocycles. The summed E-state index contributed by atoms with van der Waals surface area (Å²) < 4.78 is 39.4. The minimum Gasteiger partial charge on any atom is -0.272 e. The molecule has 0 spiro atoms. The van der Waals surface area contributed by atoms with Crippen LogP contribution in [0.2, 0.25) is 5.28 Å². The van der Waals surface area contributed by atoms with Crippen molar-refractivity contribution < 1.29 is 13.2 Å². The molecule has 0 atom stereocenters. The second-order valence-corrected chi connectivity index (χ2v) is 3.81. The van der Waals surface area contributed by atoms with E-state index >= 15 is 0 Å². The lowest BCUT2D eigenvalue weighted by molar-refractivity contribution is -0.138. The largest absolute Gasteiger partial charge is 0.416 e. The number of hydrogen-bond acceptors (Lipinski definition) is 2. The van der Waals surface area contributed by atoms with Gasteiger partial charge in [0.05, 0.1) is 11.3 Å². The molecule has 2 rings (SSSR count). The lowest BCUT2D eigenvalue weighted by Gasteiger charge is -2.12. The smallest absolute Gasteiger partial charge is 0.272 e. The highest BCUT2D eigenvalue weighted by atomic mass is 35.5. The van der Waals surface area contributed by atoms with Crippen molar-refractivity contribution in [3.8, 4) is 5.69 Å². The number of aromatic nitrogens is 3. The van der Waals surface area contributed by atoms with Crippen LogP contribution in [0.15, 0.2) is 24.5 Å². The summed E-state index contributed by atoms with van der Waals surface area (Å²) in [5.74, 6) is 0. The Morgan fingerprint density at radius 1 is 1.29 bits per heavy atom. The van der Waals surface area contributed by atoms with E-state index in [9.17, 15) is 13.2 Å². The maximum absolute atomic E-state index is 12.7. The summed E-state index contributed by atoms with van der Waals surface area (Å²) in [4.78, 5) is 0. The first-order chi connectivity index (χ1) is 7.89. The van der Waals surface area contributed by atoms with Gasteiger partial charge < -0.3 is 0 Å². The Morgan fingerprint density at radius 2 is 2.00 bits per heavy atom. The molecule has 0 N–H and O–H groups in total. The first-order valence-electron chi connectivity index (χ1n) is 4.63. The minimum atomic E-state index is -4.39. The number of halogens is 4. The van der Waals surface area contributed by atoms with Crippen molar-refractivity contribution in [2.45, 2.75) is 13.1 Å². The van der Waals surface area contributed by atoms with E-state index in [1.54, 1.807) is 0 Å². The SMILES string of the molecule is Cc1ccc(-n2cnnc2Cl)cc1C(F)(F)F. The molecule has 7 heteroatoms. The fraction of sp³-hybridized carbons (Fsp3) is 0.200. The van der Waals surface area contributed by atoms with E-state index in [2.05, 4.69) is 10.2 Å². The standard InChI is InChI=1S/C10H7ClF3N3/c1-6-2-3-7(4-8(6)10(12,13)14)17-5-15-16-9(17)11/h2-5H,1H3. The van der Waals surface area contributed by atoms with Gasteiger partial charge in [0.25, 0.3) is 0 Å². The average Bonchev–Trinajstić information content (AvgIpc) is 2.63. The van der Waals surface area contributed by atoms with Gasteiger partial charge in [-0.3, -0.25) is 4.57 Å². The van der Waals surface area contributed by atoms with Gasteiger partial charge in [-0.25, -0.2) is 0 Å². The van der Waals surface area contributed by atoms with Crippen molar-refractivity contribution in [1.29, 1.82) is 0 Å². The zero-order valence-electron chi connectivity index (χ0n) is 8.66. The zero-order chi connectivity index (χ0) is 12.6. The van der Waals surface area contributed by atoms with E-state index < -0.39 is 11.7 Å². The highest BCUT2D eigenvalue weighted by Crippen LogP contribution is 2.33. The molecule has 0 saturated heterocycles. The van der Waals surface area contributed by atoms with E-state index in [1.807, 2.05) is 0 Å². The number of nitrogens with zero attached hydrogens (tertiary/aromatic N) is 3. The van der Waals surface area contributed by atoms with Crippen LogP contribution in [0.4, 0.5) is 13.2 Å². The van der Waals surface area contributed by atoms with Gasteiger partial charge in [0, 0.05) is 0 Å². The molecule has 0 aliphatic heterocycles. The van der Waals surface area contributed by atoms with Crippen LogP contribution in [0.3, 0.4) is 0 Å². The van der Waals surface area contributed by atoms with Crippen molar-refractivity contribution in [3.05, 3.63) is 40.9 Å². The van der Waals surface area contributed by atoms with Crippen molar-refractivity contribution in [2.75, 3.05) is 0 Å². The summed E-state index contributed by atoms with van der Waals surface area (Å²) in [6.45, 7) is 1.40. The number of benzene rings is 1. The minimum absolute atomic E-state index is 0.0157. The van der Waals surface area contributed by atoms with Crippen molar-refractivity contribution in [3.63, 3.8) is 0 Å². The van der Waals surface area contributed by atoms with Crippen LogP contribution >= 0.6 is 11.6 Å². The second kappa shape index (κ2) is 4.03. The van der Waals surface area contributed by atoms with Gasteiger partial charge in [-0.15, -0.1) is 10.2 Å². The summed E-state index contributed by atoms with van der Waals surface area (Å²) in [6.07, 6.45) is -3.13. The Kier molecular flexibility index (Phi) is 2.82. The van der Waals surface area contributed by atoms with Crippen molar-refractivity contribution in [1.82, 2.24) is 14.8 Å². The maximum Gasteiger partial charge on any atom is 0.416 e. The van der Waals surface area contributed by atoms with Gasteiger partial charge in [-0.1, -0.05) is 6.07 Å². The lowest BCUT2D eigenvalue weighted by Crippen LogP contribution is -2.08. The van der Waals surface area contributed by atoms with Crippen LogP contribution in [0.25, 0.3) is 5.69 Å². The fourth-order valence-corrected chi connectivity index (χ4v) is 1.64. The monoisotopic (exact) mass is 261 g/mol. The highest BCUT2D eigenvalue weighted by molar-refractivity contribution is 6.28. The molecule has 17 heavy (non-hydrogen) atoms. The van der Waals surface area contributed by atoms with E-state index in [0.29, 0.717) is 0 Å². The quantitative estimate of drug-likeness (QED) is 0.789. The third-order valence-corrected chi connectivity index (χ3v) is 2.57. The summed E-state index contributed by atoms with van der Waals surface area (Å²) in [6, 6.07) is 3.93. The molecular formula is C10H7ClF3N3. The summed E-state index contributed by atoms with van der Waals surface area (Å²) >= 11 is 5.69. The first kappa shape index (κ1) is 11.9. The molecule has 0 fully saturated rings. The maximum atomic E-state index is 12.7.